The number of benzene rings is 1. The van der Waals surface area contributed by atoms with E-state index in [1.54, 1.807) is 12.3 Å². The molecule has 0 aliphatic carbocycles. The molecule has 0 radical (unpaired) electrons. The fourth-order valence-electron chi connectivity index (χ4n) is 2.57. The smallest absolute Gasteiger partial charge is 0.230 e. The minimum Gasteiger partial charge on any atom is -0.409 e. The summed E-state index contributed by atoms with van der Waals surface area (Å²) in [4.78, 5) is 10.8. The molecule has 2 heterocycles. The second-order valence-corrected chi connectivity index (χ2v) is 4.96. The highest BCUT2D eigenvalue weighted by Crippen LogP contribution is 2.30. The van der Waals surface area contributed by atoms with Crippen LogP contribution in [0.25, 0.3) is 0 Å². The Bertz CT molecular complexity index is 671. The van der Waals surface area contributed by atoms with E-state index in [4.69, 9.17) is 10.9 Å². The summed E-state index contributed by atoms with van der Waals surface area (Å²) in [5.41, 5.74) is 8.46. The molecule has 21 heavy (non-hydrogen) atoms. The summed E-state index contributed by atoms with van der Waals surface area (Å²) in [5.74, 6) is 0.565. The van der Waals surface area contributed by atoms with Gasteiger partial charge in [0, 0.05) is 18.4 Å². The molecule has 6 nitrogen and oxygen atoms in total. The summed E-state index contributed by atoms with van der Waals surface area (Å²) in [6.07, 6.45) is 4.91. The number of aromatic nitrogens is 2. The van der Waals surface area contributed by atoms with E-state index in [-0.39, 0.29) is 5.84 Å². The molecule has 0 atom stereocenters. The molecule has 0 bridgehead atoms. The summed E-state index contributed by atoms with van der Waals surface area (Å²) in [5, 5.41) is 11.8. The second kappa shape index (κ2) is 5.78. The fourth-order valence-corrected chi connectivity index (χ4v) is 2.57. The highest BCUT2D eigenvalue weighted by molar-refractivity contribution is 5.95. The van der Waals surface area contributed by atoms with Gasteiger partial charge < -0.3 is 15.8 Å². The fraction of sp³-hybridized carbons (Fsp3) is 0.267. The molecule has 2 aromatic rings. The number of hydrogen-bond donors (Lipinski definition) is 2. The molecule has 1 aromatic heterocycles. The van der Waals surface area contributed by atoms with Crippen LogP contribution < -0.4 is 10.6 Å². The number of rotatable bonds is 2. The number of anilines is 2. The molecule has 0 fully saturated rings. The van der Waals surface area contributed by atoms with E-state index >= 15 is 0 Å². The first-order valence-electron chi connectivity index (χ1n) is 6.96. The van der Waals surface area contributed by atoms with Crippen molar-refractivity contribution in [2.45, 2.75) is 19.3 Å². The van der Waals surface area contributed by atoms with Gasteiger partial charge in [-0.25, -0.2) is 9.97 Å². The highest BCUT2D eigenvalue weighted by Gasteiger charge is 2.19. The van der Waals surface area contributed by atoms with Crippen LogP contribution in [0.2, 0.25) is 0 Å². The Kier molecular flexibility index (Phi) is 3.68. The first-order chi connectivity index (χ1) is 10.3. The molecule has 6 heteroatoms. The average molecular weight is 283 g/mol. The van der Waals surface area contributed by atoms with Gasteiger partial charge in [-0.2, -0.15) is 0 Å². The number of para-hydroxylation sites is 1. The predicted molar refractivity (Wildman–Crippen MR) is 80.9 cm³/mol. The van der Waals surface area contributed by atoms with Crippen LogP contribution in [0.15, 0.2) is 41.7 Å². The van der Waals surface area contributed by atoms with Crippen LogP contribution in [-0.2, 0) is 6.42 Å². The number of hydrogen-bond acceptors (Lipinski definition) is 5. The number of nitrogens with zero attached hydrogens (tertiary/aromatic N) is 4. The van der Waals surface area contributed by atoms with Crippen molar-refractivity contribution < 1.29 is 5.21 Å². The lowest BCUT2D eigenvalue weighted by molar-refractivity contribution is 0.318. The number of fused-ring (bicyclic) bond motifs is 1. The molecular formula is C15H17N5O. The van der Waals surface area contributed by atoms with Crippen LogP contribution in [0.3, 0.4) is 0 Å². The van der Waals surface area contributed by atoms with Crippen molar-refractivity contribution >= 4 is 17.5 Å². The third-order valence-electron chi connectivity index (χ3n) is 3.61. The summed E-state index contributed by atoms with van der Waals surface area (Å²) in [6, 6.07) is 9.92. The van der Waals surface area contributed by atoms with Gasteiger partial charge in [0.15, 0.2) is 5.84 Å². The van der Waals surface area contributed by atoms with Gasteiger partial charge in [-0.15, -0.1) is 0 Å². The molecule has 3 rings (SSSR count). The molecule has 1 aromatic carbocycles. The number of nitrogens with two attached hydrogens (primary N) is 1. The largest absolute Gasteiger partial charge is 0.409 e. The first kappa shape index (κ1) is 13.4. The van der Waals surface area contributed by atoms with Crippen molar-refractivity contribution in [3.63, 3.8) is 0 Å². The van der Waals surface area contributed by atoms with E-state index in [9.17, 15) is 0 Å². The topological polar surface area (TPSA) is 87.6 Å². The van der Waals surface area contributed by atoms with Crippen molar-refractivity contribution in [3.05, 3.63) is 47.8 Å². The van der Waals surface area contributed by atoms with Gasteiger partial charge in [-0.3, -0.25) is 0 Å². The van der Waals surface area contributed by atoms with E-state index in [0.29, 0.717) is 11.6 Å². The molecule has 0 spiro atoms. The Labute approximate surface area is 122 Å². The van der Waals surface area contributed by atoms with Crippen molar-refractivity contribution in [1.82, 2.24) is 9.97 Å². The van der Waals surface area contributed by atoms with Crippen molar-refractivity contribution in [3.8, 4) is 0 Å². The third kappa shape index (κ3) is 2.65. The highest BCUT2D eigenvalue weighted by atomic mass is 16.4. The lowest BCUT2D eigenvalue weighted by atomic mass is 10.1. The van der Waals surface area contributed by atoms with Gasteiger partial charge >= 0.3 is 0 Å². The maximum atomic E-state index is 8.78. The van der Waals surface area contributed by atoms with Crippen LogP contribution in [0.5, 0.6) is 0 Å². The Hall–Kier alpha value is -2.63. The van der Waals surface area contributed by atoms with Gasteiger partial charge in [0.2, 0.25) is 5.95 Å². The van der Waals surface area contributed by atoms with Gasteiger partial charge in [0.25, 0.3) is 0 Å². The Balaban J connectivity index is 2.04. The van der Waals surface area contributed by atoms with Gasteiger partial charge in [-0.05, 0) is 37.0 Å². The molecule has 1 aliphatic heterocycles. The van der Waals surface area contributed by atoms with E-state index in [1.165, 1.54) is 5.56 Å². The molecular weight excluding hydrogens is 266 g/mol. The van der Waals surface area contributed by atoms with E-state index in [1.807, 2.05) is 6.07 Å². The van der Waals surface area contributed by atoms with E-state index in [2.05, 4.69) is 38.2 Å². The summed E-state index contributed by atoms with van der Waals surface area (Å²) in [6.45, 7) is 0.858. The van der Waals surface area contributed by atoms with Gasteiger partial charge in [0.05, 0.1) is 0 Å². The van der Waals surface area contributed by atoms with Gasteiger partial charge in [-0.1, -0.05) is 23.4 Å². The maximum absolute atomic E-state index is 8.78. The van der Waals surface area contributed by atoms with E-state index in [0.717, 1.165) is 31.5 Å². The number of aryl methyl sites for hydroxylation is 1. The molecule has 3 N–H and O–H groups in total. The molecule has 108 valence electrons. The molecule has 1 aliphatic rings. The minimum atomic E-state index is -0.0123. The van der Waals surface area contributed by atoms with Crippen molar-refractivity contribution in [1.29, 1.82) is 0 Å². The molecule has 0 unspecified atom stereocenters. The zero-order valence-electron chi connectivity index (χ0n) is 11.6. The predicted octanol–water partition coefficient (Wildman–Crippen LogP) is 2.05. The average Bonchev–Trinajstić information content (AvgIpc) is 2.76. The van der Waals surface area contributed by atoms with Crippen LogP contribution in [0, 0.1) is 0 Å². The normalized spacial score (nSPS) is 15.4. The maximum Gasteiger partial charge on any atom is 0.230 e. The number of amidine groups is 1. The Morgan fingerprint density at radius 2 is 2.10 bits per heavy atom. The van der Waals surface area contributed by atoms with Crippen LogP contribution >= 0.6 is 0 Å². The van der Waals surface area contributed by atoms with Crippen LogP contribution in [0.1, 0.15) is 24.1 Å². The second-order valence-electron chi connectivity index (χ2n) is 4.96. The summed E-state index contributed by atoms with van der Waals surface area (Å²) < 4.78 is 0. The Morgan fingerprint density at radius 3 is 2.95 bits per heavy atom. The minimum absolute atomic E-state index is 0.0123. The van der Waals surface area contributed by atoms with Crippen molar-refractivity contribution in [2.24, 2.45) is 10.9 Å². The zero-order chi connectivity index (χ0) is 14.7. The monoisotopic (exact) mass is 283 g/mol. The zero-order valence-corrected chi connectivity index (χ0v) is 11.6. The van der Waals surface area contributed by atoms with Crippen LogP contribution in [0.4, 0.5) is 11.6 Å². The van der Waals surface area contributed by atoms with Crippen LogP contribution in [-0.4, -0.2) is 27.6 Å². The lowest BCUT2D eigenvalue weighted by Crippen LogP contribution is -2.23. The summed E-state index contributed by atoms with van der Waals surface area (Å²) >= 11 is 0. The third-order valence-corrected chi connectivity index (χ3v) is 3.61. The Morgan fingerprint density at radius 1 is 1.24 bits per heavy atom. The molecule has 0 saturated heterocycles. The number of oxime groups is 1. The lowest BCUT2D eigenvalue weighted by Gasteiger charge is -2.22. The van der Waals surface area contributed by atoms with Crippen molar-refractivity contribution in [2.75, 3.05) is 11.4 Å². The molecule has 0 saturated carbocycles. The van der Waals surface area contributed by atoms with E-state index < -0.39 is 0 Å². The summed E-state index contributed by atoms with van der Waals surface area (Å²) in [7, 11) is 0. The van der Waals surface area contributed by atoms with Gasteiger partial charge in [0.1, 0.15) is 5.69 Å². The standard InChI is InChI=1S/C15H17N5O/c16-14(19-21)12-8-9-17-15(18-12)20-10-4-3-6-11-5-1-2-7-13(11)20/h1-2,5,7-9,21H,3-4,6,10H2,(H2,16,19). The quantitative estimate of drug-likeness (QED) is 0.381. The SMILES string of the molecule is N/C(=N/O)c1ccnc(N2CCCCc3ccccc32)n1. The first-order valence-corrected chi connectivity index (χ1v) is 6.96. The molecule has 0 amide bonds.